The van der Waals surface area contributed by atoms with E-state index in [0.29, 0.717) is 18.0 Å². The Morgan fingerprint density at radius 1 is 1.00 bits per heavy atom. The second kappa shape index (κ2) is 9.97. The lowest BCUT2D eigenvalue weighted by Gasteiger charge is -2.20. The standard InChI is InChI=1S/C22H29N3O2/c1-27-21-12-5-4-11-20(21)24-22(26)23-16-18-9-8-10-19(15-18)17-25-13-6-2-3-7-14-25/h4-5,8-12,15H,2-3,6-7,13-14,16-17H2,1H3,(H2,23,24,26). The van der Waals surface area contributed by atoms with Crippen molar-refractivity contribution in [2.75, 3.05) is 25.5 Å². The van der Waals surface area contributed by atoms with E-state index in [4.69, 9.17) is 4.74 Å². The molecule has 0 bridgehead atoms. The predicted molar refractivity (Wildman–Crippen MR) is 109 cm³/mol. The molecule has 1 heterocycles. The van der Waals surface area contributed by atoms with Crippen LogP contribution >= 0.6 is 0 Å². The molecule has 0 saturated carbocycles. The van der Waals surface area contributed by atoms with Gasteiger partial charge in [-0.2, -0.15) is 0 Å². The van der Waals surface area contributed by atoms with Crippen LogP contribution in [0.1, 0.15) is 36.8 Å². The van der Waals surface area contributed by atoms with Crippen molar-refractivity contribution < 1.29 is 9.53 Å². The molecule has 0 spiro atoms. The Morgan fingerprint density at radius 3 is 2.52 bits per heavy atom. The molecule has 0 aromatic heterocycles. The third-order valence-electron chi connectivity index (χ3n) is 4.90. The molecule has 5 heteroatoms. The minimum atomic E-state index is -0.238. The number of hydrogen-bond donors (Lipinski definition) is 2. The topological polar surface area (TPSA) is 53.6 Å². The highest BCUT2D eigenvalue weighted by molar-refractivity contribution is 5.90. The van der Waals surface area contributed by atoms with Crippen molar-refractivity contribution in [3.05, 3.63) is 59.7 Å². The molecule has 2 aromatic carbocycles. The van der Waals surface area contributed by atoms with E-state index in [9.17, 15) is 4.79 Å². The molecule has 0 atom stereocenters. The molecule has 3 rings (SSSR count). The highest BCUT2D eigenvalue weighted by Crippen LogP contribution is 2.22. The molecule has 144 valence electrons. The number of ether oxygens (including phenoxy) is 1. The number of urea groups is 1. The van der Waals surface area contributed by atoms with Crippen LogP contribution in [0.3, 0.4) is 0 Å². The quantitative estimate of drug-likeness (QED) is 0.796. The van der Waals surface area contributed by atoms with E-state index in [-0.39, 0.29) is 6.03 Å². The number of nitrogens with one attached hydrogen (secondary N) is 2. The third-order valence-corrected chi connectivity index (χ3v) is 4.90. The number of likely N-dealkylation sites (tertiary alicyclic amines) is 1. The van der Waals surface area contributed by atoms with Crippen LogP contribution in [0.2, 0.25) is 0 Å². The van der Waals surface area contributed by atoms with Crippen LogP contribution in [0, 0.1) is 0 Å². The lowest BCUT2D eigenvalue weighted by Crippen LogP contribution is -2.28. The highest BCUT2D eigenvalue weighted by atomic mass is 16.5. The zero-order chi connectivity index (χ0) is 18.9. The van der Waals surface area contributed by atoms with Crippen LogP contribution < -0.4 is 15.4 Å². The summed E-state index contributed by atoms with van der Waals surface area (Å²) in [6.07, 6.45) is 5.29. The first-order valence-corrected chi connectivity index (χ1v) is 9.72. The van der Waals surface area contributed by atoms with Crippen molar-refractivity contribution in [2.24, 2.45) is 0 Å². The van der Waals surface area contributed by atoms with Crippen molar-refractivity contribution >= 4 is 11.7 Å². The third kappa shape index (κ3) is 6.00. The van der Waals surface area contributed by atoms with Crippen LogP contribution in [0.15, 0.2) is 48.5 Å². The van der Waals surface area contributed by atoms with Crippen LogP contribution in [0.5, 0.6) is 5.75 Å². The number of nitrogens with zero attached hydrogens (tertiary/aromatic N) is 1. The number of rotatable bonds is 6. The Hall–Kier alpha value is -2.53. The molecule has 27 heavy (non-hydrogen) atoms. The summed E-state index contributed by atoms with van der Waals surface area (Å²) < 4.78 is 5.26. The second-order valence-electron chi connectivity index (χ2n) is 7.02. The Balaban J connectivity index is 1.52. The molecule has 1 aliphatic rings. The van der Waals surface area contributed by atoms with Gasteiger partial charge in [0, 0.05) is 13.1 Å². The minimum Gasteiger partial charge on any atom is -0.495 e. The number of hydrogen-bond acceptors (Lipinski definition) is 3. The number of carbonyl (C=O) groups excluding carboxylic acids is 1. The maximum absolute atomic E-state index is 12.2. The van der Waals surface area contributed by atoms with Gasteiger partial charge in [-0.1, -0.05) is 49.2 Å². The fraction of sp³-hybridized carbons (Fsp3) is 0.409. The summed E-state index contributed by atoms with van der Waals surface area (Å²) in [5, 5.41) is 5.76. The van der Waals surface area contributed by atoms with Gasteiger partial charge in [0.05, 0.1) is 12.8 Å². The molecule has 0 unspecified atom stereocenters. The van der Waals surface area contributed by atoms with E-state index >= 15 is 0 Å². The molecule has 1 aliphatic heterocycles. The Morgan fingerprint density at radius 2 is 1.74 bits per heavy atom. The van der Waals surface area contributed by atoms with Gasteiger partial charge in [0.15, 0.2) is 0 Å². The van der Waals surface area contributed by atoms with Crippen LogP contribution in [-0.4, -0.2) is 31.1 Å². The number of benzene rings is 2. The van der Waals surface area contributed by atoms with Gasteiger partial charge in [0.1, 0.15) is 5.75 Å². The van der Waals surface area contributed by atoms with E-state index < -0.39 is 0 Å². The molecule has 0 aliphatic carbocycles. The van der Waals surface area contributed by atoms with E-state index in [2.05, 4.69) is 39.8 Å². The summed E-state index contributed by atoms with van der Waals surface area (Å²) >= 11 is 0. The monoisotopic (exact) mass is 367 g/mol. The number of carbonyl (C=O) groups is 1. The first kappa shape index (κ1) is 19.2. The Bertz CT molecular complexity index is 740. The second-order valence-corrected chi connectivity index (χ2v) is 7.02. The predicted octanol–water partition coefficient (Wildman–Crippen LogP) is 4.39. The van der Waals surface area contributed by atoms with Gasteiger partial charge in [0.2, 0.25) is 0 Å². The van der Waals surface area contributed by atoms with Crippen molar-refractivity contribution in [2.45, 2.75) is 38.8 Å². The fourth-order valence-corrected chi connectivity index (χ4v) is 3.49. The maximum Gasteiger partial charge on any atom is 0.319 e. The molecule has 2 amide bonds. The van der Waals surface area contributed by atoms with Crippen LogP contribution in [-0.2, 0) is 13.1 Å². The van der Waals surface area contributed by atoms with E-state index in [1.54, 1.807) is 7.11 Å². The zero-order valence-corrected chi connectivity index (χ0v) is 16.0. The molecule has 0 radical (unpaired) electrons. The van der Waals surface area contributed by atoms with Gasteiger partial charge in [-0.3, -0.25) is 4.90 Å². The molecule has 2 N–H and O–H groups in total. The van der Waals surface area contributed by atoms with E-state index in [1.807, 2.05) is 24.3 Å². The normalized spacial score (nSPS) is 15.0. The first-order chi connectivity index (χ1) is 13.2. The van der Waals surface area contributed by atoms with Crippen molar-refractivity contribution in [3.8, 4) is 5.75 Å². The molecule has 1 saturated heterocycles. The van der Waals surface area contributed by atoms with Gasteiger partial charge in [-0.15, -0.1) is 0 Å². The summed E-state index contributed by atoms with van der Waals surface area (Å²) in [6.45, 7) is 3.85. The van der Waals surface area contributed by atoms with Gasteiger partial charge >= 0.3 is 6.03 Å². The molecular weight excluding hydrogens is 338 g/mol. The summed E-state index contributed by atoms with van der Waals surface area (Å²) in [6, 6.07) is 15.6. The number of amides is 2. The lowest BCUT2D eigenvalue weighted by molar-refractivity contribution is 0.251. The van der Waals surface area contributed by atoms with Gasteiger partial charge < -0.3 is 15.4 Å². The highest BCUT2D eigenvalue weighted by Gasteiger charge is 2.10. The van der Waals surface area contributed by atoms with Crippen LogP contribution in [0.25, 0.3) is 0 Å². The molecule has 1 fully saturated rings. The number of methoxy groups -OCH3 is 1. The Labute approximate surface area is 161 Å². The largest absolute Gasteiger partial charge is 0.495 e. The molecular formula is C22H29N3O2. The fourth-order valence-electron chi connectivity index (χ4n) is 3.49. The minimum absolute atomic E-state index is 0.238. The Kier molecular flexibility index (Phi) is 7.11. The van der Waals surface area contributed by atoms with Gasteiger partial charge in [-0.25, -0.2) is 4.79 Å². The maximum atomic E-state index is 12.2. The van der Waals surface area contributed by atoms with Gasteiger partial charge in [0.25, 0.3) is 0 Å². The summed E-state index contributed by atoms with van der Waals surface area (Å²) in [5.74, 6) is 0.645. The smallest absolute Gasteiger partial charge is 0.319 e. The van der Waals surface area contributed by atoms with Crippen molar-refractivity contribution in [1.82, 2.24) is 10.2 Å². The summed E-state index contributed by atoms with van der Waals surface area (Å²) in [4.78, 5) is 14.7. The SMILES string of the molecule is COc1ccccc1NC(=O)NCc1cccc(CN2CCCCCC2)c1. The summed E-state index contributed by atoms with van der Waals surface area (Å²) in [7, 11) is 1.59. The number of anilines is 1. The lowest BCUT2D eigenvalue weighted by atomic mass is 10.1. The van der Waals surface area contributed by atoms with Crippen LogP contribution in [0.4, 0.5) is 10.5 Å². The number of para-hydroxylation sites is 2. The van der Waals surface area contributed by atoms with E-state index in [0.717, 1.165) is 12.1 Å². The molecule has 2 aromatic rings. The molecule has 5 nitrogen and oxygen atoms in total. The average molecular weight is 367 g/mol. The first-order valence-electron chi connectivity index (χ1n) is 9.72. The van der Waals surface area contributed by atoms with Crippen molar-refractivity contribution in [3.63, 3.8) is 0 Å². The average Bonchev–Trinajstić information content (AvgIpc) is 2.96. The van der Waals surface area contributed by atoms with Gasteiger partial charge in [-0.05, 0) is 49.2 Å². The zero-order valence-electron chi connectivity index (χ0n) is 16.0. The van der Waals surface area contributed by atoms with E-state index in [1.165, 1.54) is 44.3 Å². The summed E-state index contributed by atoms with van der Waals surface area (Å²) in [5.41, 5.74) is 3.08. The van der Waals surface area contributed by atoms with Crippen molar-refractivity contribution in [1.29, 1.82) is 0 Å².